The molecular formula is C8H16O2P+. The largest absolute Gasteiger partial charge is 0.508 e. The molecule has 1 saturated carbocycles. The van der Waals surface area contributed by atoms with Crippen molar-refractivity contribution in [1.29, 1.82) is 0 Å². The Kier molecular flexibility index (Phi) is 4.03. The maximum absolute atomic E-state index is 11.0. The van der Waals surface area contributed by atoms with Crippen LogP contribution in [-0.4, -0.2) is 13.3 Å². The van der Waals surface area contributed by atoms with Crippen molar-refractivity contribution in [3.05, 3.63) is 0 Å². The Labute approximate surface area is 69.2 Å². The fourth-order valence-electron chi connectivity index (χ4n) is 1.66. The minimum absolute atomic E-state index is 0.673. The molecular weight excluding hydrogens is 159 g/mol. The van der Waals surface area contributed by atoms with E-state index in [2.05, 4.69) is 0 Å². The summed E-state index contributed by atoms with van der Waals surface area (Å²) in [6, 6.07) is 0. The Morgan fingerprint density at radius 3 is 2.55 bits per heavy atom. The van der Waals surface area contributed by atoms with Crippen LogP contribution in [0.25, 0.3) is 0 Å². The summed E-state index contributed by atoms with van der Waals surface area (Å²) in [6.07, 6.45) is 7.29. The van der Waals surface area contributed by atoms with Gasteiger partial charge in [0.15, 0.2) is 6.16 Å². The van der Waals surface area contributed by atoms with Gasteiger partial charge in [-0.2, -0.15) is 0 Å². The van der Waals surface area contributed by atoms with Gasteiger partial charge in [-0.15, -0.1) is 4.52 Å². The third-order valence-electron chi connectivity index (χ3n) is 2.34. The van der Waals surface area contributed by atoms with Crippen LogP contribution in [0.2, 0.25) is 0 Å². The van der Waals surface area contributed by atoms with E-state index in [1.165, 1.54) is 39.2 Å². The fourth-order valence-corrected chi connectivity index (χ4v) is 2.59. The van der Waals surface area contributed by atoms with Gasteiger partial charge in [-0.05, 0) is 17.4 Å². The van der Waals surface area contributed by atoms with Crippen LogP contribution in [0.1, 0.15) is 32.1 Å². The molecule has 1 atom stereocenters. The molecule has 1 unspecified atom stereocenters. The van der Waals surface area contributed by atoms with Gasteiger partial charge in [-0.3, -0.25) is 0 Å². The Morgan fingerprint density at radius 1 is 1.36 bits per heavy atom. The maximum atomic E-state index is 11.0. The first-order valence-corrected chi connectivity index (χ1v) is 5.68. The zero-order chi connectivity index (χ0) is 8.10. The zero-order valence-electron chi connectivity index (χ0n) is 7.08. The average molecular weight is 175 g/mol. The Morgan fingerprint density at radius 2 is 2.00 bits per heavy atom. The van der Waals surface area contributed by atoms with Crippen LogP contribution in [-0.2, 0) is 9.09 Å². The Hall–Kier alpha value is 0.0600. The van der Waals surface area contributed by atoms with Gasteiger partial charge in [0.25, 0.3) is 0 Å². The Bertz CT molecular complexity index is 130. The molecule has 3 heteroatoms. The van der Waals surface area contributed by atoms with E-state index in [1.54, 1.807) is 0 Å². The second-order valence-corrected chi connectivity index (χ2v) is 4.60. The van der Waals surface area contributed by atoms with Gasteiger partial charge in [-0.1, -0.05) is 19.3 Å². The summed E-state index contributed by atoms with van der Waals surface area (Å²) in [5.41, 5.74) is 0. The smallest absolute Gasteiger partial charge is 0.150 e. The first kappa shape index (κ1) is 9.15. The van der Waals surface area contributed by atoms with E-state index >= 15 is 0 Å². The predicted molar refractivity (Wildman–Crippen MR) is 46.1 cm³/mol. The van der Waals surface area contributed by atoms with Gasteiger partial charge in [0, 0.05) is 5.92 Å². The zero-order valence-corrected chi connectivity index (χ0v) is 7.98. The summed E-state index contributed by atoms with van der Waals surface area (Å²) < 4.78 is 15.8. The molecule has 0 aliphatic heterocycles. The summed E-state index contributed by atoms with van der Waals surface area (Å²) in [7, 11) is 0.178. The third kappa shape index (κ3) is 3.31. The van der Waals surface area contributed by atoms with Crippen LogP contribution in [0.15, 0.2) is 0 Å². The molecule has 0 heterocycles. The van der Waals surface area contributed by atoms with Crippen molar-refractivity contribution in [3.63, 3.8) is 0 Å². The lowest BCUT2D eigenvalue weighted by Crippen LogP contribution is -2.08. The van der Waals surface area contributed by atoms with Crippen molar-refractivity contribution >= 4 is 8.03 Å². The molecule has 1 aliphatic carbocycles. The summed E-state index contributed by atoms with van der Waals surface area (Å²) in [5, 5.41) is 0. The molecule has 0 N–H and O–H groups in total. The first-order chi connectivity index (χ1) is 5.33. The summed E-state index contributed by atoms with van der Waals surface area (Å²) in [6.45, 7) is 0. The van der Waals surface area contributed by atoms with Crippen LogP contribution in [0.5, 0.6) is 0 Å². The molecule has 0 aromatic heterocycles. The van der Waals surface area contributed by atoms with Gasteiger partial charge in [0.2, 0.25) is 0 Å². The molecule has 0 amide bonds. The highest BCUT2D eigenvalue weighted by molar-refractivity contribution is 7.39. The molecule has 0 aromatic carbocycles. The van der Waals surface area contributed by atoms with E-state index < -0.39 is 8.03 Å². The highest BCUT2D eigenvalue weighted by atomic mass is 31.1. The molecule has 0 aromatic rings. The van der Waals surface area contributed by atoms with Crippen molar-refractivity contribution in [3.8, 4) is 0 Å². The number of hydrogen-bond acceptors (Lipinski definition) is 2. The van der Waals surface area contributed by atoms with Crippen molar-refractivity contribution in [2.45, 2.75) is 32.1 Å². The molecule has 0 radical (unpaired) electrons. The highest BCUT2D eigenvalue weighted by Gasteiger charge is 2.24. The van der Waals surface area contributed by atoms with Crippen LogP contribution >= 0.6 is 8.03 Å². The number of hydrogen-bond donors (Lipinski definition) is 0. The monoisotopic (exact) mass is 175 g/mol. The van der Waals surface area contributed by atoms with Crippen molar-refractivity contribution in [2.24, 2.45) is 5.92 Å². The molecule has 1 fully saturated rings. The molecule has 0 saturated heterocycles. The molecule has 1 aliphatic rings. The third-order valence-corrected chi connectivity index (χ3v) is 3.56. The van der Waals surface area contributed by atoms with E-state index in [0.717, 1.165) is 6.16 Å². The van der Waals surface area contributed by atoms with Gasteiger partial charge in [-0.25, -0.2) is 0 Å². The second-order valence-electron chi connectivity index (χ2n) is 3.20. The quantitative estimate of drug-likeness (QED) is 0.616. The molecule has 64 valence electrons. The fraction of sp³-hybridized carbons (Fsp3) is 1.00. The van der Waals surface area contributed by atoms with E-state index in [9.17, 15) is 4.57 Å². The van der Waals surface area contributed by atoms with E-state index in [0.29, 0.717) is 5.92 Å². The molecule has 1 rings (SSSR count). The van der Waals surface area contributed by atoms with Crippen LogP contribution in [0.4, 0.5) is 0 Å². The molecule has 2 nitrogen and oxygen atoms in total. The van der Waals surface area contributed by atoms with E-state index in [1.807, 2.05) is 0 Å². The van der Waals surface area contributed by atoms with E-state index in [-0.39, 0.29) is 0 Å². The minimum atomic E-state index is -1.35. The molecule has 0 spiro atoms. The lowest BCUT2D eigenvalue weighted by molar-refractivity contribution is 0.362. The maximum Gasteiger partial charge on any atom is 0.508 e. The first-order valence-electron chi connectivity index (χ1n) is 4.31. The van der Waals surface area contributed by atoms with E-state index in [4.69, 9.17) is 4.52 Å². The standard InChI is InChI=1S/C8H16O2P/c1-10-11(9)7-8-5-3-2-4-6-8/h8H,2-7H2,1H3/q+1. The van der Waals surface area contributed by atoms with Crippen molar-refractivity contribution < 1.29 is 9.09 Å². The SMILES string of the molecule is CO[P+](=O)CC1CCCCC1. The lowest BCUT2D eigenvalue weighted by Gasteiger charge is -2.16. The van der Waals surface area contributed by atoms with Crippen LogP contribution < -0.4 is 0 Å². The van der Waals surface area contributed by atoms with Gasteiger partial charge in [0.1, 0.15) is 0 Å². The predicted octanol–water partition coefficient (Wildman–Crippen LogP) is 2.96. The summed E-state index contributed by atoms with van der Waals surface area (Å²) in [4.78, 5) is 0. The number of rotatable bonds is 3. The van der Waals surface area contributed by atoms with Crippen molar-refractivity contribution in [1.82, 2.24) is 0 Å². The molecule has 11 heavy (non-hydrogen) atoms. The summed E-state index contributed by atoms with van der Waals surface area (Å²) in [5.74, 6) is 0.673. The van der Waals surface area contributed by atoms with Gasteiger partial charge in [0.05, 0.1) is 7.11 Å². The van der Waals surface area contributed by atoms with Crippen molar-refractivity contribution in [2.75, 3.05) is 13.3 Å². The lowest BCUT2D eigenvalue weighted by atomic mass is 9.91. The summed E-state index contributed by atoms with van der Waals surface area (Å²) >= 11 is 0. The van der Waals surface area contributed by atoms with Gasteiger partial charge >= 0.3 is 8.03 Å². The Balaban J connectivity index is 2.19. The normalized spacial score (nSPS) is 21.7. The van der Waals surface area contributed by atoms with Crippen LogP contribution in [0, 0.1) is 5.92 Å². The second kappa shape index (κ2) is 4.84. The topological polar surface area (TPSA) is 26.3 Å². The average Bonchev–Trinajstić information content (AvgIpc) is 2.06. The van der Waals surface area contributed by atoms with Gasteiger partial charge < -0.3 is 0 Å². The minimum Gasteiger partial charge on any atom is -0.150 e. The van der Waals surface area contributed by atoms with Crippen LogP contribution in [0.3, 0.4) is 0 Å². The molecule has 0 bridgehead atoms. The highest BCUT2D eigenvalue weighted by Crippen LogP contribution is 2.32.